The fraction of sp³-hybridized carbons (Fsp3) is 0.312. The lowest BCUT2D eigenvalue weighted by Gasteiger charge is -2.16. The zero-order valence-electron chi connectivity index (χ0n) is 13.8. The molecule has 0 aliphatic heterocycles. The minimum atomic E-state index is -4.69. The number of carbonyl (C=O) groups excluding carboxylic acids is 1. The van der Waals surface area contributed by atoms with Crippen molar-refractivity contribution in [3.63, 3.8) is 0 Å². The molecule has 6 nitrogen and oxygen atoms in total. The Hall–Kier alpha value is -2.42. The summed E-state index contributed by atoms with van der Waals surface area (Å²) in [5.41, 5.74) is -0.185. The number of hydrogen-bond acceptors (Lipinski definition) is 5. The maximum absolute atomic E-state index is 12.5. The number of nitrogens with zero attached hydrogens (tertiary/aromatic N) is 2. The Morgan fingerprint density at radius 2 is 1.72 bits per heavy atom. The van der Waals surface area contributed by atoms with Gasteiger partial charge in [-0.1, -0.05) is 20.8 Å². The smallest absolute Gasteiger partial charge is 0.306 e. The number of sulfone groups is 1. The maximum atomic E-state index is 12.5. The molecule has 1 N–H and O–H groups in total. The molecule has 1 aromatic carbocycles. The summed E-state index contributed by atoms with van der Waals surface area (Å²) >= 11 is 0. The molecule has 0 aliphatic rings. The summed E-state index contributed by atoms with van der Waals surface area (Å²) in [6, 6.07) is 5.78. The summed E-state index contributed by atoms with van der Waals surface area (Å²) in [5, 5.41) is 2.56. The lowest BCUT2D eigenvalue weighted by atomic mass is 9.96. The van der Waals surface area contributed by atoms with Gasteiger partial charge in [-0.25, -0.2) is 18.4 Å². The quantitative estimate of drug-likeness (QED) is 0.895. The summed E-state index contributed by atoms with van der Waals surface area (Å²) < 4.78 is 47.7. The number of aromatic nitrogens is 2. The van der Waals surface area contributed by atoms with E-state index in [4.69, 9.17) is 0 Å². The molecule has 134 valence electrons. The third-order valence-electron chi connectivity index (χ3n) is 3.25. The Morgan fingerprint density at radius 1 is 1.12 bits per heavy atom. The predicted molar refractivity (Wildman–Crippen MR) is 88.3 cm³/mol. The lowest BCUT2D eigenvalue weighted by Crippen LogP contribution is -2.19. The van der Waals surface area contributed by atoms with E-state index in [1.807, 2.05) is 20.8 Å². The van der Waals surface area contributed by atoms with Crippen LogP contribution in [0.5, 0.6) is 0 Å². The van der Waals surface area contributed by atoms with Crippen LogP contribution in [0.4, 0.5) is 14.6 Å². The molecule has 0 bridgehead atoms. The largest absolute Gasteiger partial charge is 0.341 e. The van der Waals surface area contributed by atoms with Crippen LogP contribution in [-0.4, -0.2) is 30.1 Å². The standard InChI is InChI=1S/C16H17F2N3O3S/c1-16(2,3)14-19-9-8-12(21-14)20-13(22)10-4-6-11(7-5-10)25(23,24)15(17)18/h4-9,15H,1-3H3,(H,19,20,21,22). The Balaban J connectivity index is 2.20. The Labute approximate surface area is 144 Å². The molecule has 0 atom stereocenters. The van der Waals surface area contributed by atoms with Crippen molar-refractivity contribution in [2.45, 2.75) is 36.8 Å². The first-order chi connectivity index (χ1) is 11.5. The highest BCUT2D eigenvalue weighted by molar-refractivity contribution is 7.91. The van der Waals surface area contributed by atoms with Crippen LogP contribution in [0.3, 0.4) is 0 Å². The molecule has 0 radical (unpaired) electrons. The molecular formula is C16H17F2N3O3S. The second-order valence-electron chi connectivity index (χ2n) is 6.30. The molecule has 0 unspecified atom stereocenters. The first kappa shape index (κ1) is 18.9. The molecule has 0 saturated carbocycles. The average Bonchev–Trinajstić information content (AvgIpc) is 2.54. The van der Waals surface area contributed by atoms with Crippen molar-refractivity contribution in [2.24, 2.45) is 0 Å². The Bertz CT molecular complexity index is 876. The van der Waals surface area contributed by atoms with Crippen molar-refractivity contribution in [3.8, 4) is 0 Å². The van der Waals surface area contributed by atoms with Gasteiger partial charge < -0.3 is 5.32 Å². The van der Waals surface area contributed by atoms with E-state index in [-0.39, 0.29) is 16.8 Å². The zero-order chi connectivity index (χ0) is 18.8. The number of benzene rings is 1. The molecular weight excluding hydrogens is 352 g/mol. The normalized spacial score (nSPS) is 12.2. The van der Waals surface area contributed by atoms with E-state index in [1.54, 1.807) is 0 Å². The molecule has 1 heterocycles. The van der Waals surface area contributed by atoms with Gasteiger partial charge in [-0.2, -0.15) is 8.78 Å². The second-order valence-corrected chi connectivity index (χ2v) is 8.22. The van der Waals surface area contributed by atoms with Crippen LogP contribution in [-0.2, 0) is 15.3 Å². The Morgan fingerprint density at radius 3 is 2.24 bits per heavy atom. The summed E-state index contributed by atoms with van der Waals surface area (Å²) in [4.78, 5) is 20.1. The van der Waals surface area contributed by atoms with Crippen LogP contribution in [0.2, 0.25) is 0 Å². The van der Waals surface area contributed by atoms with Crippen LogP contribution in [0, 0.1) is 0 Å². The number of anilines is 1. The van der Waals surface area contributed by atoms with Gasteiger partial charge in [0.1, 0.15) is 11.6 Å². The second kappa shape index (κ2) is 6.83. The van der Waals surface area contributed by atoms with Crippen molar-refractivity contribution >= 4 is 21.6 Å². The van der Waals surface area contributed by atoms with Gasteiger partial charge in [0.05, 0.1) is 4.90 Å². The fourth-order valence-electron chi connectivity index (χ4n) is 1.88. The molecule has 1 amide bonds. The summed E-state index contributed by atoms with van der Waals surface area (Å²) in [6.07, 6.45) is 1.52. The van der Waals surface area contributed by atoms with Crippen molar-refractivity contribution in [2.75, 3.05) is 5.32 Å². The average molecular weight is 369 g/mol. The summed E-state index contributed by atoms with van der Waals surface area (Å²) in [7, 11) is -4.69. The monoisotopic (exact) mass is 369 g/mol. The van der Waals surface area contributed by atoms with Crippen molar-refractivity contribution in [1.29, 1.82) is 0 Å². The third-order valence-corrected chi connectivity index (χ3v) is 4.65. The van der Waals surface area contributed by atoms with Gasteiger partial charge in [0, 0.05) is 17.2 Å². The molecule has 0 aliphatic carbocycles. The van der Waals surface area contributed by atoms with Gasteiger partial charge >= 0.3 is 5.76 Å². The number of hydrogen-bond donors (Lipinski definition) is 1. The molecule has 2 aromatic rings. The number of rotatable bonds is 4. The van der Waals surface area contributed by atoms with Gasteiger partial charge in [-0.05, 0) is 30.3 Å². The number of halogens is 2. The molecule has 0 saturated heterocycles. The summed E-state index contributed by atoms with van der Waals surface area (Å²) in [5.74, 6) is -3.22. The van der Waals surface area contributed by atoms with E-state index in [0.29, 0.717) is 5.82 Å². The van der Waals surface area contributed by atoms with E-state index in [9.17, 15) is 22.0 Å². The SMILES string of the molecule is CC(C)(C)c1nccc(NC(=O)c2ccc(S(=O)(=O)C(F)F)cc2)n1. The van der Waals surface area contributed by atoms with E-state index >= 15 is 0 Å². The van der Waals surface area contributed by atoms with Gasteiger partial charge in [0.25, 0.3) is 5.91 Å². The minimum absolute atomic E-state index is 0.115. The number of amides is 1. The molecule has 0 spiro atoms. The lowest BCUT2D eigenvalue weighted by molar-refractivity contribution is 0.102. The minimum Gasteiger partial charge on any atom is -0.306 e. The van der Waals surface area contributed by atoms with Crippen LogP contribution in [0.1, 0.15) is 37.0 Å². The van der Waals surface area contributed by atoms with Crippen LogP contribution >= 0.6 is 0 Å². The molecule has 1 aromatic heterocycles. The number of alkyl halides is 2. The van der Waals surface area contributed by atoms with E-state index in [0.717, 1.165) is 24.3 Å². The van der Waals surface area contributed by atoms with E-state index in [2.05, 4.69) is 15.3 Å². The van der Waals surface area contributed by atoms with Gasteiger partial charge in [0.15, 0.2) is 0 Å². The Kier molecular flexibility index (Phi) is 5.17. The van der Waals surface area contributed by atoms with E-state index < -0.39 is 26.4 Å². The summed E-state index contributed by atoms with van der Waals surface area (Å²) in [6.45, 7) is 5.78. The van der Waals surface area contributed by atoms with Crippen molar-refractivity contribution in [1.82, 2.24) is 9.97 Å². The molecule has 9 heteroatoms. The first-order valence-corrected chi connectivity index (χ1v) is 8.83. The van der Waals surface area contributed by atoms with Crippen molar-refractivity contribution in [3.05, 3.63) is 47.9 Å². The molecule has 25 heavy (non-hydrogen) atoms. The van der Waals surface area contributed by atoms with Crippen molar-refractivity contribution < 1.29 is 22.0 Å². The maximum Gasteiger partial charge on any atom is 0.341 e. The third kappa shape index (κ3) is 4.36. The first-order valence-electron chi connectivity index (χ1n) is 7.29. The zero-order valence-corrected chi connectivity index (χ0v) is 14.6. The number of carbonyl (C=O) groups is 1. The predicted octanol–water partition coefficient (Wildman–Crippen LogP) is 3.02. The van der Waals surface area contributed by atoms with Gasteiger partial charge in [0.2, 0.25) is 9.84 Å². The van der Waals surface area contributed by atoms with E-state index in [1.165, 1.54) is 12.3 Å². The highest BCUT2D eigenvalue weighted by atomic mass is 32.2. The van der Waals surface area contributed by atoms with Gasteiger partial charge in [-0.15, -0.1) is 0 Å². The molecule has 2 rings (SSSR count). The number of nitrogens with one attached hydrogen (secondary N) is 1. The van der Waals surface area contributed by atoms with Gasteiger partial charge in [-0.3, -0.25) is 4.79 Å². The van der Waals surface area contributed by atoms with Crippen LogP contribution < -0.4 is 5.32 Å². The van der Waals surface area contributed by atoms with Crippen LogP contribution in [0.15, 0.2) is 41.4 Å². The topological polar surface area (TPSA) is 89.0 Å². The highest BCUT2D eigenvalue weighted by Gasteiger charge is 2.26. The highest BCUT2D eigenvalue weighted by Crippen LogP contribution is 2.20. The molecule has 0 fully saturated rings. The fourth-order valence-corrected chi connectivity index (χ4v) is 2.60. The van der Waals surface area contributed by atoms with Crippen LogP contribution in [0.25, 0.3) is 0 Å².